The second-order valence-electron chi connectivity index (χ2n) is 5.07. The van der Waals surface area contributed by atoms with Gasteiger partial charge in [0, 0.05) is 12.2 Å². The molecule has 0 aliphatic heterocycles. The maximum atomic E-state index is 9.55. The fourth-order valence-electron chi connectivity index (χ4n) is 1.80. The van der Waals surface area contributed by atoms with Crippen molar-refractivity contribution in [1.82, 2.24) is 0 Å². The van der Waals surface area contributed by atoms with Gasteiger partial charge in [-0.2, -0.15) is 0 Å². The van der Waals surface area contributed by atoms with E-state index in [2.05, 4.69) is 20.8 Å². The summed E-state index contributed by atoms with van der Waals surface area (Å²) in [6, 6.07) is 0. The SMILES string of the molecule is CCC[CH2][Sn]([CH2]CCC)[CH2]CCC.O=C(O)C=CC(=O)O. The molecule has 1 radical (unpaired) electrons. The number of carbonyl (C=O) groups is 2. The molecule has 0 rings (SSSR count). The van der Waals surface area contributed by atoms with E-state index in [-0.39, 0.29) is 0 Å². The van der Waals surface area contributed by atoms with E-state index < -0.39 is 31.7 Å². The Labute approximate surface area is 136 Å². The summed E-state index contributed by atoms with van der Waals surface area (Å²) >= 11 is -0.839. The van der Waals surface area contributed by atoms with Gasteiger partial charge in [0.1, 0.15) is 0 Å². The molecule has 4 nitrogen and oxygen atoms in total. The van der Waals surface area contributed by atoms with Crippen molar-refractivity contribution in [2.45, 2.75) is 72.6 Å². The number of carboxylic acids is 2. The third kappa shape index (κ3) is 21.9. The molecule has 0 aliphatic rings. The average Bonchev–Trinajstić information content (AvgIpc) is 2.45. The van der Waals surface area contributed by atoms with E-state index in [0.717, 1.165) is 0 Å². The van der Waals surface area contributed by atoms with Gasteiger partial charge in [-0.15, -0.1) is 0 Å². The smallest absolute Gasteiger partial charge is 0.328 e. The summed E-state index contributed by atoms with van der Waals surface area (Å²) in [5.41, 5.74) is 0. The van der Waals surface area contributed by atoms with Gasteiger partial charge in [0.15, 0.2) is 0 Å². The van der Waals surface area contributed by atoms with Crippen molar-refractivity contribution >= 4 is 31.7 Å². The molecule has 0 aromatic rings. The molecule has 0 saturated carbocycles. The number of hydrogen-bond acceptors (Lipinski definition) is 2. The van der Waals surface area contributed by atoms with E-state index in [1.807, 2.05) is 0 Å². The predicted molar refractivity (Wildman–Crippen MR) is 89.3 cm³/mol. The molecule has 0 fully saturated rings. The second-order valence-corrected chi connectivity index (χ2v) is 13.6. The van der Waals surface area contributed by atoms with Crippen LogP contribution in [0.25, 0.3) is 0 Å². The molecule has 21 heavy (non-hydrogen) atoms. The molecule has 0 bridgehead atoms. The molecular formula is C16H31O4Sn. The van der Waals surface area contributed by atoms with Crippen LogP contribution >= 0.6 is 0 Å². The fraction of sp³-hybridized carbons (Fsp3) is 0.750. The van der Waals surface area contributed by atoms with E-state index >= 15 is 0 Å². The largest absolute Gasteiger partial charge is 0.478 e. The maximum Gasteiger partial charge on any atom is 0.328 e. The van der Waals surface area contributed by atoms with Crippen molar-refractivity contribution in [3.05, 3.63) is 12.2 Å². The summed E-state index contributed by atoms with van der Waals surface area (Å²) in [4.78, 5) is 19.1. The molecule has 2 N–H and O–H groups in total. The third-order valence-electron chi connectivity index (χ3n) is 3.02. The van der Waals surface area contributed by atoms with Crippen molar-refractivity contribution in [2.75, 3.05) is 0 Å². The Balaban J connectivity index is 0. The molecule has 0 aromatic carbocycles. The van der Waals surface area contributed by atoms with Crippen molar-refractivity contribution < 1.29 is 19.8 Å². The first-order valence-electron chi connectivity index (χ1n) is 7.95. The Hall–Kier alpha value is -0.521. The predicted octanol–water partition coefficient (Wildman–Crippen LogP) is 4.59. The van der Waals surface area contributed by atoms with Crippen LogP contribution in [0, 0.1) is 0 Å². The topological polar surface area (TPSA) is 74.6 Å². The van der Waals surface area contributed by atoms with Gasteiger partial charge in [0.2, 0.25) is 0 Å². The van der Waals surface area contributed by atoms with Crippen LogP contribution in [0.15, 0.2) is 12.2 Å². The summed E-state index contributed by atoms with van der Waals surface area (Å²) < 4.78 is 5.04. The zero-order chi connectivity index (χ0) is 16.5. The molecule has 0 unspecified atom stereocenters. The Morgan fingerprint density at radius 2 is 1.05 bits per heavy atom. The minimum Gasteiger partial charge on any atom is -0.478 e. The Kier molecular flexibility index (Phi) is 19.0. The number of carboxylic acid groups (broad SMARTS) is 2. The van der Waals surface area contributed by atoms with E-state index in [1.165, 1.54) is 38.5 Å². The van der Waals surface area contributed by atoms with Crippen LogP contribution in [0.4, 0.5) is 0 Å². The summed E-state index contributed by atoms with van der Waals surface area (Å²) in [5, 5.41) is 15.6. The zero-order valence-corrected chi connectivity index (χ0v) is 16.6. The number of hydrogen-bond donors (Lipinski definition) is 2. The molecule has 0 atom stereocenters. The molecule has 0 heterocycles. The van der Waals surface area contributed by atoms with Crippen molar-refractivity contribution in [1.29, 1.82) is 0 Å². The molecule has 0 aliphatic carbocycles. The summed E-state index contributed by atoms with van der Waals surface area (Å²) in [5.74, 6) is -2.51. The fourth-order valence-corrected chi connectivity index (χ4v) is 11.2. The van der Waals surface area contributed by atoms with Gasteiger partial charge in [-0.3, -0.25) is 0 Å². The molecule has 0 spiro atoms. The van der Waals surface area contributed by atoms with Crippen LogP contribution in [0.1, 0.15) is 59.3 Å². The van der Waals surface area contributed by atoms with Crippen LogP contribution in [0.5, 0.6) is 0 Å². The number of aliphatic carboxylic acids is 2. The molecule has 0 aromatic heterocycles. The van der Waals surface area contributed by atoms with Gasteiger partial charge in [0.25, 0.3) is 0 Å². The molecule has 0 amide bonds. The van der Waals surface area contributed by atoms with Crippen molar-refractivity contribution in [2.24, 2.45) is 0 Å². The van der Waals surface area contributed by atoms with Gasteiger partial charge in [0.05, 0.1) is 0 Å². The first kappa shape index (κ1) is 22.8. The minimum absolute atomic E-state index is 0.558. The normalized spacial score (nSPS) is 10.5. The second kappa shape index (κ2) is 17.5. The van der Waals surface area contributed by atoms with Crippen molar-refractivity contribution in [3.63, 3.8) is 0 Å². The standard InChI is InChI=1S/C4H4O4.3C4H9.Sn/c5-3(6)1-2-4(7)8;3*1-3-4-2;/h1-2H,(H,5,6)(H,7,8);3*1,3-4H2,2H3;. The van der Waals surface area contributed by atoms with Gasteiger partial charge in [-0.05, 0) is 0 Å². The van der Waals surface area contributed by atoms with Gasteiger partial charge < -0.3 is 10.2 Å². The first-order valence-corrected chi connectivity index (χ1v) is 14.0. The van der Waals surface area contributed by atoms with Crippen LogP contribution in [-0.4, -0.2) is 41.9 Å². The van der Waals surface area contributed by atoms with Crippen LogP contribution in [0.3, 0.4) is 0 Å². The van der Waals surface area contributed by atoms with Gasteiger partial charge >= 0.3 is 104 Å². The number of unbranched alkanes of at least 4 members (excludes halogenated alkanes) is 3. The number of rotatable bonds is 11. The Bertz CT molecular complexity index is 255. The Morgan fingerprint density at radius 3 is 1.24 bits per heavy atom. The summed E-state index contributed by atoms with van der Waals surface area (Å²) in [6.45, 7) is 7.00. The first-order chi connectivity index (χ1) is 9.97. The van der Waals surface area contributed by atoms with E-state index in [1.54, 1.807) is 13.3 Å². The average molecular weight is 406 g/mol. The Morgan fingerprint density at radius 1 is 0.762 bits per heavy atom. The van der Waals surface area contributed by atoms with Crippen LogP contribution in [0.2, 0.25) is 13.3 Å². The minimum atomic E-state index is -1.26. The van der Waals surface area contributed by atoms with E-state index in [9.17, 15) is 9.59 Å². The van der Waals surface area contributed by atoms with Gasteiger partial charge in [-0.1, -0.05) is 0 Å². The zero-order valence-electron chi connectivity index (χ0n) is 13.7. The third-order valence-corrected chi connectivity index (χ3v) is 12.1. The van der Waals surface area contributed by atoms with E-state index in [4.69, 9.17) is 10.2 Å². The monoisotopic (exact) mass is 407 g/mol. The van der Waals surface area contributed by atoms with E-state index in [0.29, 0.717) is 12.2 Å². The maximum absolute atomic E-state index is 9.55. The quantitative estimate of drug-likeness (QED) is 0.389. The molecule has 123 valence electrons. The summed E-state index contributed by atoms with van der Waals surface area (Å²) in [6.07, 6.45) is 9.96. The van der Waals surface area contributed by atoms with Gasteiger partial charge in [-0.25, -0.2) is 9.59 Å². The van der Waals surface area contributed by atoms with Crippen molar-refractivity contribution in [3.8, 4) is 0 Å². The van der Waals surface area contributed by atoms with Crippen LogP contribution < -0.4 is 0 Å². The molecule has 5 heteroatoms. The molecule has 0 saturated heterocycles. The molecular weight excluding hydrogens is 375 g/mol. The summed E-state index contributed by atoms with van der Waals surface area (Å²) in [7, 11) is 0. The van der Waals surface area contributed by atoms with Crippen LogP contribution in [-0.2, 0) is 9.59 Å².